The molecule has 1 aromatic rings. The quantitative estimate of drug-likeness (QED) is 0.525. The van der Waals surface area contributed by atoms with E-state index in [9.17, 15) is 27.2 Å². The Labute approximate surface area is 177 Å². The summed E-state index contributed by atoms with van der Waals surface area (Å²) >= 11 is 5.61. The number of carbonyl (C=O) groups is 3. The van der Waals surface area contributed by atoms with Crippen LogP contribution in [0.1, 0.15) is 12.8 Å². The van der Waals surface area contributed by atoms with Gasteiger partial charge in [-0.25, -0.2) is 17.5 Å². The van der Waals surface area contributed by atoms with Gasteiger partial charge in [-0.05, 0) is 31.0 Å². The summed E-state index contributed by atoms with van der Waals surface area (Å²) in [6.45, 7) is -0.151. The molecule has 0 aromatic heterocycles. The molecule has 0 bridgehead atoms. The number of benzene rings is 1. The van der Waals surface area contributed by atoms with Crippen molar-refractivity contribution in [2.45, 2.75) is 23.8 Å². The standard InChI is InChI=1S/C19H19ClFN3O5S/c20-15-7-12(5-6-16(15)21)30(28,29)22-8-17(25)23-9-11(10-23)24-18(26)13-3-1-2-4-14(13)19(24)27/h1-2,5-7,11,13-14,22H,3-4,8-10H2. The van der Waals surface area contributed by atoms with Crippen LogP contribution in [0.5, 0.6) is 0 Å². The molecule has 2 saturated heterocycles. The SMILES string of the molecule is O=C(CNS(=O)(=O)c1ccc(F)c(Cl)c1)N1CC(N2C(=O)C3CC=CCC3C2=O)C1. The Kier molecular flexibility index (Phi) is 5.41. The van der Waals surface area contributed by atoms with Crippen molar-refractivity contribution >= 4 is 39.3 Å². The van der Waals surface area contributed by atoms with Crippen LogP contribution in [-0.4, -0.2) is 61.6 Å². The lowest BCUT2D eigenvalue weighted by molar-refractivity contribution is -0.152. The van der Waals surface area contributed by atoms with Gasteiger partial charge in [0, 0.05) is 13.1 Å². The fourth-order valence-corrected chi connectivity index (χ4v) is 5.25. The number of imide groups is 1. The maximum atomic E-state index is 13.2. The molecule has 2 fully saturated rings. The van der Waals surface area contributed by atoms with E-state index in [2.05, 4.69) is 4.72 Å². The van der Waals surface area contributed by atoms with Gasteiger partial charge < -0.3 is 4.90 Å². The molecule has 8 nitrogen and oxygen atoms in total. The van der Waals surface area contributed by atoms with Gasteiger partial charge in [0.25, 0.3) is 0 Å². The summed E-state index contributed by atoms with van der Waals surface area (Å²) in [5.41, 5.74) is 0. The lowest BCUT2D eigenvalue weighted by Gasteiger charge is -2.43. The largest absolute Gasteiger partial charge is 0.337 e. The van der Waals surface area contributed by atoms with Crippen LogP contribution in [-0.2, 0) is 24.4 Å². The van der Waals surface area contributed by atoms with Crippen LogP contribution in [0.4, 0.5) is 4.39 Å². The Bertz CT molecular complexity index is 1030. The summed E-state index contributed by atoms with van der Waals surface area (Å²) in [4.78, 5) is 39.8. The van der Waals surface area contributed by atoms with Crippen molar-refractivity contribution in [3.8, 4) is 0 Å². The Hall–Kier alpha value is -2.30. The number of hydrogen-bond acceptors (Lipinski definition) is 5. The zero-order valence-electron chi connectivity index (χ0n) is 15.8. The van der Waals surface area contributed by atoms with Gasteiger partial charge in [-0.3, -0.25) is 19.3 Å². The Morgan fingerprint density at radius 3 is 2.30 bits per heavy atom. The Balaban J connectivity index is 1.32. The second kappa shape index (κ2) is 7.75. The summed E-state index contributed by atoms with van der Waals surface area (Å²) in [7, 11) is -4.05. The van der Waals surface area contributed by atoms with Crippen molar-refractivity contribution in [2.24, 2.45) is 11.8 Å². The summed E-state index contributed by atoms with van der Waals surface area (Å²) < 4.78 is 39.9. The molecular formula is C19H19ClFN3O5S. The lowest BCUT2D eigenvalue weighted by Crippen LogP contribution is -2.63. The number of likely N-dealkylation sites (tertiary alicyclic amines) is 2. The third-order valence-electron chi connectivity index (χ3n) is 5.74. The molecule has 2 heterocycles. The van der Waals surface area contributed by atoms with E-state index >= 15 is 0 Å². The molecule has 1 N–H and O–H groups in total. The molecule has 2 aliphatic heterocycles. The molecular weight excluding hydrogens is 437 g/mol. The van der Waals surface area contributed by atoms with E-state index in [-0.39, 0.29) is 52.7 Å². The van der Waals surface area contributed by atoms with Gasteiger partial charge in [-0.2, -0.15) is 0 Å². The summed E-state index contributed by atoms with van der Waals surface area (Å²) in [6.07, 6.45) is 4.92. The predicted molar refractivity (Wildman–Crippen MR) is 104 cm³/mol. The van der Waals surface area contributed by atoms with Crippen molar-refractivity contribution < 1.29 is 27.2 Å². The average molecular weight is 456 g/mol. The fraction of sp³-hybridized carbons (Fsp3) is 0.421. The second-order valence-corrected chi connectivity index (χ2v) is 9.73. The molecule has 30 heavy (non-hydrogen) atoms. The van der Waals surface area contributed by atoms with E-state index in [1.54, 1.807) is 0 Å². The first-order chi connectivity index (χ1) is 14.2. The number of allylic oxidation sites excluding steroid dienone is 2. The smallest absolute Gasteiger partial charge is 0.241 e. The van der Waals surface area contributed by atoms with E-state index in [4.69, 9.17) is 11.6 Å². The lowest BCUT2D eigenvalue weighted by atomic mass is 9.85. The minimum Gasteiger partial charge on any atom is -0.337 e. The molecule has 11 heteroatoms. The number of fused-ring (bicyclic) bond motifs is 1. The Morgan fingerprint density at radius 2 is 1.73 bits per heavy atom. The van der Waals surface area contributed by atoms with Crippen LogP contribution in [0.3, 0.4) is 0 Å². The summed E-state index contributed by atoms with van der Waals surface area (Å²) in [5.74, 6) is -2.26. The van der Waals surface area contributed by atoms with Crippen molar-refractivity contribution in [3.63, 3.8) is 0 Å². The maximum absolute atomic E-state index is 13.2. The summed E-state index contributed by atoms with van der Waals surface area (Å²) in [6, 6.07) is 2.55. The van der Waals surface area contributed by atoms with Crippen LogP contribution in [0.15, 0.2) is 35.2 Å². The first-order valence-electron chi connectivity index (χ1n) is 9.43. The van der Waals surface area contributed by atoms with E-state index in [0.29, 0.717) is 12.8 Å². The van der Waals surface area contributed by atoms with Gasteiger partial charge in [0.2, 0.25) is 27.7 Å². The number of carbonyl (C=O) groups excluding carboxylic acids is 3. The number of rotatable bonds is 5. The normalized spacial score (nSPS) is 24.2. The molecule has 0 saturated carbocycles. The molecule has 0 radical (unpaired) electrons. The van der Waals surface area contributed by atoms with E-state index in [1.165, 1.54) is 9.80 Å². The third-order valence-corrected chi connectivity index (χ3v) is 7.43. The maximum Gasteiger partial charge on any atom is 0.241 e. The number of halogens is 2. The highest BCUT2D eigenvalue weighted by atomic mass is 35.5. The van der Waals surface area contributed by atoms with E-state index in [1.807, 2.05) is 12.2 Å². The van der Waals surface area contributed by atoms with Crippen molar-refractivity contribution in [2.75, 3.05) is 19.6 Å². The van der Waals surface area contributed by atoms with Crippen LogP contribution in [0.2, 0.25) is 5.02 Å². The molecule has 3 amide bonds. The van der Waals surface area contributed by atoms with Crippen LogP contribution in [0.25, 0.3) is 0 Å². The number of nitrogens with one attached hydrogen (secondary N) is 1. The van der Waals surface area contributed by atoms with E-state index in [0.717, 1.165) is 18.2 Å². The molecule has 4 rings (SSSR count). The van der Waals surface area contributed by atoms with Gasteiger partial charge in [0.05, 0.1) is 34.3 Å². The molecule has 0 spiro atoms. The van der Waals surface area contributed by atoms with Crippen molar-refractivity contribution in [3.05, 3.63) is 41.2 Å². The monoisotopic (exact) mass is 455 g/mol. The fourth-order valence-electron chi connectivity index (χ4n) is 4.00. The number of sulfonamides is 1. The molecule has 2 unspecified atom stereocenters. The molecule has 2 atom stereocenters. The second-order valence-electron chi connectivity index (χ2n) is 7.56. The number of amides is 3. The first kappa shape index (κ1) is 21.0. The highest BCUT2D eigenvalue weighted by molar-refractivity contribution is 7.89. The zero-order valence-corrected chi connectivity index (χ0v) is 17.3. The first-order valence-corrected chi connectivity index (χ1v) is 11.3. The number of nitrogens with zero attached hydrogens (tertiary/aromatic N) is 2. The van der Waals surface area contributed by atoms with Gasteiger partial charge in [0.1, 0.15) is 5.82 Å². The zero-order chi connectivity index (χ0) is 21.6. The minimum atomic E-state index is -4.05. The van der Waals surface area contributed by atoms with Gasteiger partial charge in [0.15, 0.2) is 0 Å². The highest BCUT2D eigenvalue weighted by Gasteiger charge is 2.52. The molecule has 1 aromatic carbocycles. The predicted octanol–water partition coefficient (Wildman–Crippen LogP) is 0.919. The Morgan fingerprint density at radius 1 is 1.13 bits per heavy atom. The van der Waals surface area contributed by atoms with Crippen LogP contribution < -0.4 is 4.72 Å². The third kappa shape index (κ3) is 3.63. The van der Waals surface area contributed by atoms with Crippen LogP contribution in [0, 0.1) is 17.7 Å². The van der Waals surface area contributed by atoms with Gasteiger partial charge >= 0.3 is 0 Å². The van der Waals surface area contributed by atoms with Crippen LogP contribution >= 0.6 is 11.6 Å². The highest BCUT2D eigenvalue weighted by Crippen LogP contribution is 2.37. The van der Waals surface area contributed by atoms with Crippen molar-refractivity contribution in [1.29, 1.82) is 0 Å². The average Bonchev–Trinajstić information content (AvgIpc) is 2.93. The summed E-state index contributed by atoms with van der Waals surface area (Å²) in [5, 5.41) is -0.342. The molecule has 160 valence electrons. The molecule has 3 aliphatic rings. The van der Waals surface area contributed by atoms with Gasteiger partial charge in [-0.15, -0.1) is 0 Å². The van der Waals surface area contributed by atoms with E-state index < -0.39 is 28.3 Å². The van der Waals surface area contributed by atoms with Crippen molar-refractivity contribution in [1.82, 2.24) is 14.5 Å². The molecule has 1 aliphatic carbocycles. The minimum absolute atomic E-state index is 0.174. The topological polar surface area (TPSA) is 104 Å². The van der Waals surface area contributed by atoms with Gasteiger partial charge in [-0.1, -0.05) is 23.8 Å². The number of hydrogen-bond donors (Lipinski definition) is 1.